The van der Waals surface area contributed by atoms with Crippen molar-refractivity contribution in [2.75, 3.05) is 19.8 Å². The monoisotopic (exact) mass is 331 g/mol. The van der Waals surface area contributed by atoms with Crippen LogP contribution in [0.2, 0.25) is 0 Å². The van der Waals surface area contributed by atoms with E-state index in [9.17, 15) is 4.79 Å². The van der Waals surface area contributed by atoms with Crippen LogP contribution in [-0.4, -0.2) is 46.6 Å². The van der Waals surface area contributed by atoms with Gasteiger partial charge in [0.2, 0.25) is 5.91 Å². The van der Waals surface area contributed by atoms with E-state index in [2.05, 4.69) is 12.2 Å². The summed E-state index contributed by atoms with van der Waals surface area (Å²) in [6.45, 7) is 0.829. The maximum Gasteiger partial charge on any atom is 0.220 e. The molecule has 4 N–H and O–H groups in total. The van der Waals surface area contributed by atoms with Gasteiger partial charge in [-0.2, -0.15) is 0 Å². The Morgan fingerprint density at radius 1 is 0.739 bits per heavy atom. The van der Waals surface area contributed by atoms with Gasteiger partial charge in [-0.25, -0.2) is 0 Å². The molecule has 0 fully saturated rings. The Bertz CT molecular complexity index is 272. The van der Waals surface area contributed by atoms with E-state index in [1.807, 2.05) is 0 Å². The van der Waals surface area contributed by atoms with E-state index in [1.54, 1.807) is 0 Å². The van der Waals surface area contributed by atoms with Crippen molar-refractivity contribution in [1.82, 2.24) is 5.32 Å². The van der Waals surface area contributed by atoms with Crippen LogP contribution in [0.25, 0.3) is 0 Å². The molecule has 0 aromatic rings. The second-order valence-corrected chi connectivity index (χ2v) is 6.59. The fraction of sp³-hybridized carbons (Fsp3) is 0.944. The van der Waals surface area contributed by atoms with Gasteiger partial charge < -0.3 is 20.6 Å². The zero-order chi connectivity index (χ0) is 17.4. The number of carbonyl (C=O) groups is 1. The first-order valence-electron chi connectivity index (χ1n) is 9.27. The minimum Gasteiger partial charge on any atom is -0.394 e. The first-order chi connectivity index (χ1) is 11.1. The van der Waals surface area contributed by atoms with E-state index in [0.29, 0.717) is 6.42 Å². The SMILES string of the molecule is CCCCCCCCCCCCCC(=O)NC(CO)(CO)CO. The highest BCUT2D eigenvalue weighted by molar-refractivity contribution is 5.76. The van der Waals surface area contributed by atoms with Gasteiger partial charge in [-0.3, -0.25) is 4.79 Å². The van der Waals surface area contributed by atoms with Crippen molar-refractivity contribution in [3.63, 3.8) is 0 Å². The van der Waals surface area contributed by atoms with Crippen LogP contribution < -0.4 is 5.32 Å². The molecule has 5 nitrogen and oxygen atoms in total. The van der Waals surface area contributed by atoms with Crippen LogP contribution in [-0.2, 0) is 4.79 Å². The fourth-order valence-electron chi connectivity index (χ4n) is 2.58. The standard InChI is InChI=1S/C18H37NO4/c1-2-3-4-5-6-7-8-9-10-11-12-13-17(23)19-18(14-20,15-21)16-22/h20-22H,2-16H2,1H3,(H,19,23). The van der Waals surface area contributed by atoms with Gasteiger partial charge in [-0.15, -0.1) is 0 Å². The predicted octanol–water partition coefficient (Wildman–Crippen LogP) is 2.52. The molecule has 0 rings (SSSR count). The Kier molecular flexibility index (Phi) is 14.5. The van der Waals surface area contributed by atoms with Crippen molar-refractivity contribution in [1.29, 1.82) is 0 Å². The second-order valence-electron chi connectivity index (χ2n) is 6.59. The fourth-order valence-corrected chi connectivity index (χ4v) is 2.58. The number of aliphatic hydroxyl groups is 3. The molecular weight excluding hydrogens is 294 g/mol. The van der Waals surface area contributed by atoms with E-state index < -0.39 is 25.4 Å². The third-order valence-corrected chi connectivity index (χ3v) is 4.32. The van der Waals surface area contributed by atoms with Crippen LogP contribution in [0.3, 0.4) is 0 Å². The van der Waals surface area contributed by atoms with E-state index >= 15 is 0 Å². The molecule has 138 valence electrons. The summed E-state index contributed by atoms with van der Waals surface area (Å²) in [7, 11) is 0. The molecule has 0 aromatic carbocycles. The van der Waals surface area contributed by atoms with Crippen LogP contribution in [0.15, 0.2) is 0 Å². The molecule has 0 spiro atoms. The minimum absolute atomic E-state index is 0.224. The van der Waals surface area contributed by atoms with Crippen LogP contribution in [0, 0.1) is 0 Å². The van der Waals surface area contributed by atoms with E-state index in [4.69, 9.17) is 15.3 Å². The van der Waals surface area contributed by atoms with Crippen molar-refractivity contribution < 1.29 is 20.1 Å². The van der Waals surface area contributed by atoms with Crippen molar-refractivity contribution in [3.8, 4) is 0 Å². The zero-order valence-corrected chi connectivity index (χ0v) is 14.9. The predicted molar refractivity (Wildman–Crippen MR) is 93.2 cm³/mol. The lowest BCUT2D eigenvalue weighted by atomic mass is 10.0. The highest BCUT2D eigenvalue weighted by Crippen LogP contribution is 2.12. The van der Waals surface area contributed by atoms with Gasteiger partial charge in [0.05, 0.1) is 19.8 Å². The molecule has 0 heterocycles. The molecule has 0 aliphatic rings. The van der Waals surface area contributed by atoms with Crippen LogP contribution in [0.4, 0.5) is 0 Å². The topological polar surface area (TPSA) is 89.8 Å². The Labute approximate surface area is 141 Å². The molecule has 0 atom stereocenters. The largest absolute Gasteiger partial charge is 0.394 e. The minimum atomic E-state index is -1.30. The van der Waals surface area contributed by atoms with Crippen molar-refractivity contribution in [3.05, 3.63) is 0 Å². The van der Waals surface area contributed by atoms with Gasteiger partial charge in [0, 0.05) is 6.42 Å². The molecular formula is C18H37NO4. The Morgan fingerprint density at radius 2 is 1.13 bits per heavy atom. The van der Waals surface area contributed by atoms with Crippen molar-refractivity contribution >= 4 is 5.91 Å². The Balaban J connectivity index is 3.49. The van der Waals surface area contributed by atoms with E-state index in [-0.39, 0.29) is 5.91 Å². The molecule has 1 amide bonds. The lowest BCUT2D eigenvalue weighted by Gasteiger charge is -2.28. The summed E-state index contributed by atoms with van der Waals surface area (Å²) in [5.41, 5.74) is -1.30. The van der Waals surface area contributed by atoms with Gasteiger partial charge >= 0.3 is 0 Å². The number of hydrogen-bond acceptors (Lipinski definition) is 4. The molecule has 0 aromatic heterocycles. The summed E-state index contributed by atoms with van der Waals surface area (Å²) in [6, 6.07) is 0. The summed E-state index contributed by atoms with van der Waals surface area (Å²) in [5, 5.41) is 30.0. The average molecular weight is 331 g/mol. The third kappa shape index (κ3) is 11.5. The summed E-state index contributed by atoms with van der Waals surface area (Å²) in [6.07, 6.45) is 13.9. The number of carbonyl (C=O) groups excluding carboxylic acids is 1. The van der Waals surface area contributed by atoms with Crippen LogP contribution >= 0.6 is 0 Å². The lowest BCUT2D eigenvalue weighted by Crippen LogP contribution is -2.57. The summed E-state index contributed by atoms with van der Waals surface area (Å²) < 4.78 is 0. The van der Waals surface area contributed by atoms with Gasteiger partial charge in [0.1, 0.15) is 5.54 Å². The number of aliphatic hydroxyl groups excluding tert-OH is 3. The molecule has 0 aliphatic heterocycles. The first kappa shape index (κ1) is 22.4. The molecule has 0 aliphatic carbocycles. The normalized spacial score (nSPS) is 11.7. The quantitative estimate of drug-likeness (QED) is 0.327. The number of hydrogen-bond donors (Lipinski definition) is 4. The average Bonchev–Trinajstić information content (AvgIpc) is 2.57. The first-order valence-corrected chi connectivity index (χ1v) is 9.27. The molecule has 0 bridgehead atoms. The molecule has 0 saturated carbocycles. The van der Waals surface area contributed by atoms with Crippen LogP contribution in [0.5, 0.6) is 0 Å². The summed E-state index contributed by atoms with van der Waals surface area (Å²) >= 11 is 0. The van der Waals surface area contributed by atoms with E-state index in [0.717, 1.165) is 19.3 Å². The number of rotatable bonds is 16. The van der Waals surface area contributed by atoms with Gasteiger partial charge in [0.25, 0.3) is 0 Å². The van der Waals surface area contributed by atoms with E-state index in [1.165, 1.54) is 51.4 Å². The highest BCUT2D eigenvalue weighted by Gasteiger charge is 2.29. The highest BCUT2D eigenvalue weighted by atomic mass is 16.3. The zero-order valence-electron chi connectivity index (χ0n) is 14.9. The molecule has 23 heavy (non-hydrogen) atoms. The smallest absolute Gasteiger partial charge is 0.220 e. The summed E-state index contributed by atoms with van der Waals surface area (Å²) in [5.74, 6) is -0.224. The maximum atomic E-state index is 11.8. The molecule has 5 heteroatoms. The van der Waals surface area contributed by atoms with Crippen LogP contribution in [0.1, 0.15) is 84.0 Å². The van der Waals surface area contributed by atoms with Gasteiger partial charge in [-0.05, 0) is 6.42 Å². The molecule has 0 radical (unpaired) electrons. The summed E-state index contributed by atoms with van der Waals surface area (Å²) in [4.78, 5) is 11.8. The molecule has 0 unspecified atom stereocenters. The number of nitrogens with one attached hydrogen (secondary N) is 1. The Hall–Kier alpha value is -0.650. The number of amides is 1. The number of unbranched alkanes of at least 4 members (excludes halogenated alkanes) is 10. The Morgan fingerprint density at radius 3 is 1.52 bits per heavy atom. The van der Waals surface area contributed by atoms with Crippen molar-refractivity contribution in [2.24, 2.45) is 0 Å². The third-order valence-electron chi connectivity index (χ3n) is 4.32. The van der Waals surface area contributed by atoms with Crippen molar-refractivity contribution in [2.45, 2.75) is 89.5 Å². The van der Waals surface area contributed by atoms with Gasteiger partial charge in [0.15, 0.2) is 0 Å². The molecule has 0 saturated heterocycles. The maximum absolute atomic E-state index is 11.8. The van der Waals surface area contributed by atoms with Gasteiger partial charge in [-0.1, -0.05) is 71.1 Å². The second kappa shape index (κ2) is 14.9. The lowest BCUT2D eigenvalue weighted by molar-refractivity contribution is -0.125.